The van der Waals surface area contributed by atoms with E-state index in [1.54, 1.807) is 0 Å². The SMILES string of the molecule is Cc1ccc(C2(O)CCC(C)(C)CC2)c(C)c1. The van der Waals surface area contributed by atoms with Gasteiger partial charge in [0.25, 0.3) is 0 Å². The highest BCUT2D eigenvalue weighted by molar-refractivity contribution is 5.35. The van der Waals surface area contributed by atoms with Gasteiger partial charge in [0.15, 0.2) is 0 Å². The quantitative estimate of drug-likeness (QED) is 0.773. The lowest BCUT2D eigenvalue weighted by atomic mass is 9.68. The molecule has 0 radical (unpaired) electrons. The molecule has 1 nitrogen and oxygen atoms in total. The van der Waals surface area contributed by atoms with E-state index in [1.165, 1.54) is 11.1 Å². The third-order valence-electron chi connectivity index (χ3n) is 4.31. The number of hydrogen-bond acceptors (Lipinski definition) is 1. The molecule has 1 saturated carbocycles. The first-order valence-corrected chi connectivity index (χ1v) is 6.63. The van der Waals surface area contributed by atoms with Crippen molar-refractivity contribution in [3.63, 3.8) is 0 Å². The Kier molecular flexibility index (Phi) is 3.07. The van der Waals surface area contributed by atoms with Gasteiger partial charge in [-0.1, -0.05) is 37.6 Å². The minimum Gasteiger partial charge on any atom is -0.385 e. The van der Waals surface area contributed by atoms with Crippen molar-refractivity contribution in [3.05, 3.63) is 34.9 Å². The van der Waals surface area contributed by atoms with E-state index in [2.05, 4.69) is 45.9 Å². The Balaban J connectivity index is 2.27. The van der Waals surface area contributed by atoms with Crippen LogP contribution in [0.25, 0.3) is 0 Å². The van der Waals surface area contributed by atoms with Crippen molar-refractivity contribution in [2.45, 2.75) is 59.0 Å². The largest absolute Gasteiger partial charge is 0.385 e. The zero-order valence-electron chi connectivity index (χ0n) is 11.5. The maximum absolute atomic E-state index is 10.8. The van der Waals surface area contributed by atoms with Crippen molar-refractivity contribution in [3.8, 4) is 0 Å². The van der Waals surface area contributed by atoms with Crippen molar-refractivity contribution < 1.29 is 5.11 Å². The highest BCUT2D eigenvalue weighted by Crippen LogP contribution is 2.45. The summed E-state index contributed by atoms with van der Waals surface area (Å²) in [7, 11) is 0. The maximum Gasteiger partial charge on any atom is 0.0899 e. The van der Waals surface area contributed by atoms with Crippen molar-refractivity contribution in [2.75, 3.05) is 0 Å². The summed E-state index contributed by atoms with van der Waals surface area (Å²) in [4.78, 5) is 0. The van der Waals surface area contributed by atoms with E-state index < -0.39 is 5.60 Å². The Morgan fingerprint density at radius 2 is 1.59 bits per heavy atom. The minimum absolute atomic E-state index is 0.394. The van der Waals surface area contributed by atoms with Gasteiger partial charge >= 0.3 is 0 Å². The van der Waals surface area contributed by atoms with E-state index in [9.17, 15) is 5.11 Å². The molecular weight excluding hydrogens is 208 g/mol. The Labute approximate surface area is 105 Å². The molecule has 17 heavy (non-hydrogen) atoms. The van der Waals surface area contributed by atoms with Crippen LogP contribution in [0.2, 0.25) is 0 Å². The van der Waals surface area contributed by atoms with Crippen molar-refractivity contribution in [2.24, 2.45) is 5.41 Å². The summed E-state index contributed by atoms with van der Waals surface area (Å²) >= 11 is 0. The van der Waals surface area contributed by atoms with E-state index in [-0.39, 0.29) is 0 Å². The molecule has 1 heteroatoms. The molecule has 0 aliphatic heterocycles. The van der Waals surface area contributed by atoms with Crippen LogP contribution in [-0.4, -0.2) is 5.11 Å². The van der Waals surface area contributed by atoms with Crippen LogP contribution in [0.15, 0.2) is 18.2 Å². The predicted octanol–water partition coefficient (Wildman–Crippen LogP) is 4.09. The maximum atomic E-state index is 10.8. The second-order valence-electron chi connectivity index (χ2n) is 6.51. The number of benzene rings is 1. The van der Waals surface area contributed by atoms with Gasteiger partial charge in [-0.3, -0.25) is 0 Å². The van der Waals surface area contributed by atoms with Gasteiger partial charge in [0.1, 0.15) is 0 Å². The molecular formula is C16H24O. The van der Waals surface area contributed by atoms with Gasteiger partial charge in [-0.2, -0.15) is 0 Å². The summed E-state index contributed by atoms with van der Waals surface area (Å²) in [5, 5.41) is 10.8. The second kappa shape index (κ2) is 4.13. The third-order valence-corrected chi connectivity index (χ3v) is 4.31. The summed E-state index contributed by atoms with van der Waals surface area (Å²) in [5.41, 5.74) is 3.44. The first kappa shape index (κ1) is 12.6. The van der Waals surface area contributed by atoms with Crippen LogP contribution < -0.4 is 0 Å². The van der Waals surface area contributed by atoms with Gasteiger partial charge in [-0.05, 0) is 56.1 Å². The minimum atomic E-state index is -0.590. The van der Waals surface area contributed by atoms with Crippen LogP contribution in [0, 0.1) is 19.3 Å². The fourth-order valence-electron chi connectivity index (χ4n) is 2.95. The van der Waals surface area contributed by atoms with Gasteiger partial charge in [0.05, 0.1) is 5.60 Å². The zero-order chi connectivity index (χ0) is 12.7. The van der Waals surface area contributed by atoms with Crippen LogP contribution in [0.1, 0.15) is 56.2 Å². The summed E-state index contributed by atoms with van der Waals surface area (Å²) in [6, 6.07) is 6.40. The van der Waals surface area contributed by atoms with Gasteiger partial charge in [0, 0.05) is 0 Å². The normalized spacial score (nSPS) is 22.4. The van der Waals surface area contributed by atoms with Crippen molar-refractivity contribution >= 4 is 0 Å². The van der Waals surface area contributed by atoms with Crippen molar-refractivity contribution in [1.82, 2.24) is 0 Å². The van der Waals surface area contributed by atoms with Crippen LogP contribution in [0.4, 0.5) is 0 Å². The van der Waals surface area contributed by atoms with Gasteiger partial charge in [-0.15, -0.1) is 0 Å². The molecule has 2 rings (SSSR count). The molecule has 0 amide bonds. The van der Waals surface area contributed by atoms with E-state index in [0.29, 0.717) is 5.41 Å². The molecule has 1 aromatic rings. The molecule has 1 fully saturated rings. The molecule has 1 aromatic carbocycles. The molecule has 1 aliphatic rings. The van der Waals surface area contributed by atoms with Crippen LogP contribution in [0.5, 0.6) is 0 Å². The average molecular weight is 232 g/mol. The summed E-state index contributed by atoms with van der Waals surface area (Å²) in [6.45, 7) is 8.81. The number of aliphatic hydroxyl groups is 1. The van der Waals surface area contributed by atoms with Crippen molar-refractivity contribution in [1.29, 1.82) is 0 Å². The molecule has 1 N–H and O–H groups in total. The summed E-state index contributed by atoms with van der Waals surface area (Å²) in [6.07, 6.45) is 4.00. The van der Waals surface area contributed by atoms with E-state index >= 15 is 0 Å². The molecule has 0 heterocycles. The molecule has 1 aliphatic carbocycles. The molecule has 0 atom stereocenters. The number of aryl methyl sites for hydroxylation is 2. The zero-order valence-corrected chi connectivity index (χ0v) is 11.5. The molecule has 0 saturated heterocycles. The Bertz CT molecular complexity index is 408. The van der Waals surface area contributed by atoms with E-state index in [0.717, 1.165) is 31.2 Å². The average Bonchev–Trinajstić information content (AvgIpc) is 2.23. The first-order valence-electron chi connectivity index (χ1n) is 6.63. The fourth-order valence-corrected chi connectivity index (χ4v) is 2.95. The fraction of sp³-hybridized carbons (Fsp3) is 0.625. The molecule has 0 aromatic heterocycles. The van der Waals surface area contributed by atoms with E-state index in [4.69, 9.17) is 0 Å². The topological polar surface area (TPSA) is 20.2 Å². The summed E-state index contributed by atoms with van der Waals surface area (Å²) < 4.78 is 0. The van der Waals surface area contributed by atoms with Crippen LogP contribution in [-0.2, 0) is 5.60 Å². The third kappa shape index (κ3) is 2.55. The predicted molar refractivity (Wildman–Crippen MR) is 72.1 cm³/mol. The second-order valence-corrected chi connectivity index (χ2v) is 6.51. The molecule has 94 valence electrons. The highest BCUT2D eigenvalue weighted by atomic mass is 16.3. The first-order chi connectivity index (χ1) is 7.82. The standard InChI is InChI=1S/C16H24O/c1-12-5-6-14(13(2)11-12)16(17)9-7-15(3,4)8-10-16/h5-6,11,17H,7-10H2,1-4H3. The molecule has 0 bridgehead atoms. The Hall–Kier alpha value is -0.820. The van der Waals surface area contributed by atoms with Crippen LogP contribution in [0.3, 0.4) is 0 Å². The number of rotatable bonds is 1. The highest BCUT2D eigenvalue weighted by Gasteiger charge is 2.38. The monoisotopic (exact) mass is 232 g/mol. The smallest absolute Gasteiger partial charge is 0.0899 e. The Morgan fingerprint density at radius 3 is 2.12 bits per heavy atom. The molecule has 0 spiro atoms. The lowest BCUT2D eigenvalue weighted by molar-refractivity contribution is -0.0310. The lowest BCUT2D eigenvalue weighted by Crippen LogP contribution is -2.35. The number of hydrogen-bond donors (Lipinski definition) is 1. The van der Waals surface area contributed by atoms with E-state index in [1.807, 2.05) is 0 Å². The molecule has 0 unspecified atom stereocenters. The summed E-state index contributed by atoms with van der Waals surface area (Å²) in [5.74, 6) is 0. The van der Waals surface area contributed by atoms with Gasteiger partial charge in [0.2, 0.25) is 0 Å². The van der Waals surface area contributed by atoms with Gasteiger partial charge in [-0.25, -0.2) is 0 Å². The lowest BCUT2D eigenvalue weighted by Gasteiger charge is -2.41. The Morgan fingerprint density at radius 1 is 1.00 bits per heavy atom. The van der Waals surface area contributed by atoms with Gasteiger partial charge < -0.3 is 5.11 Å². The van der Waals surface area contributed by atoms with Crippen LogP contribution >= 0.6 is 0 Å².